The van der Waals surface area contributed by atoms with Gasteiger partial charge in [-0.15, -0.1) is 0 Å². The van der Waals surface area contributed by atoms with Crippen molar-refractivity contribution in [3.8, 4) is 0 Å². The van der Waals surface area contributed by atoms with Crippen LogP contribution in [-0.2, 0) is 11.3 Å². The number of nitrogens with zero attached hydrogens (tertiary/aromatic N) is 1. The van der Waals surface area contributed by atoms with Crippen molar-refractivity contribution in [2.24, 2.45) is 0 Å². The molecule has 0 radical (unpaired) electrons. The first-order valence-electron chi connectivity index (χ1n) is 5.88. The highest BCUT2D eigenvalue weighted by Crippen LogP contribution is 2.12. The topological polar surface area (TPSA) is 85.4 Å². The average molecular weight is 272 g/mol. The van der Waals surface area contributed by atoms with Crippen LogP contribution in [0.25, 0.3) is 6.08 Å². The Labute approximate surface area is 114 Å². The van der Waals surface area contributed by atoms with Crippen LogP contribution >= 0.6 is 0 Å². The predicted octanol–water partition coefficient (Wildman–Crippen LogP) is 2.52. The number of furan rings is 1. The van der Waals surface area contributed by atoms with Crippen molar-refractivity contribution in [1.29, 1.82) is 0 Å². The molecule has 6 heteroatoms. The molecular formula is C14H12N2O4. The van der Waals surface area contributed by atoms with Crippen molar-refractivity contribution < 1.29 is 14.1 Å². The van der Waals surface area contributed by atoms with Crippen LogP contribution in [-0.4, -0.2) is 10.8 Å². The maximum atomic E-state index is 11.5. The Hall–Kier alpha value is -2.89. The van der Waals surface area contributed by atoms with E-state index in [9.17, 15) is 14.9 Å². The summed E-state index contributed by atoms with van der Waals surface area (Å²) in [6, 6.07) is 9.44. The highest BCUT2D eigenvalue weighted by molar-refractivity contribution is 5.91. The fourth-order valence-corrected chi connectivity index (χ4v) is 1.53. The molecule has 6 nitrogen and oxygen atoms in total. The maximum absolute atomic E-state index is 11.5. The van der Waals surface area contributed by atoms with Crippen LogP contribution in [0.1, 0.15) is 11.3 Å². The monoisotopic (exact) mass is 272 g/mol. The zero-order chi connectivity index (χ0) is 14.4. The van der Waals surface area contributed by atoms with E-state index < -0.39 is 4.92 Å². The van der Waals surface area contributed by atoms with Crippen molar-refractivity contribution in [2.45, 2.75) is 6.54 Å². The van der Waals surface area contributed by atoms with E-state index in [1.807, 2.05) is 0 Å². The van der Waals surface area contributed by atoms with Gasteiger partial charge in [0.1, 0.15) is 5.76 Å². The molecule has 1 N–H and O–H groups in total. The molecule has 1 aromatic heterocycles. The number of nitro groups is 1. The van der Waals surface area contributed by atoms with Crippen LogP contribution in [0, 0.1) is 10.1 Å². The lowest BCUT2D eigenvalue weighted by molar-refractivity contribution is -0.384. The molecule has 0 unspecified atom stereocenters. The summed E-state index contributed by atoms with van der Waals surface area (Å²) < 4.78 is 5.08. The molecular weight excluding hydrogens is 260 g/mol. The van der Waals surface area contributed by atoms with Crippen molar-refractivity contribution in [2.75, 3.05) is 0 Å². The van der Waals surface area contributed by atoms with Crippen molar-refractivity contribution in [3.63, 3.8) is 0 Å². The van der Waals surface area contributed by atoms with Crippen molar-refractivity contribution in [1.82, 2.24) is 5.32 Å². The first-order valence-corrected chi connectivity index (χ1v) is 5.88. The Bertz CT molecular complexity index is 615. The number of non-ortho nitro benzene ring substituents is 1. The molecule has 1 heterocycles. The Morgan fingerprint density at radius 3 is 2.65 bits per heavy atom. The van der Waals surface area contributed by atoms with Crippen LogP contribution in [0.3, 0.4) is 0 Å². The highest BCUT2D eigenvalue weighted by Gasteiger charge is 2.03. The molecule has 0 saturated heterocycles. The van der Waals surface area contributed by atoms with Crippen LogP contribution < -0.4 is 5.32 Å². The lowest BCUT2D eigenvalue weighted by Crippen LogP contribution is -2.19. The van der Waals surface area contributed by atoms with E-state index in [0.717, 1.165) is 0 Å². The van der Waals surface area contributed by atoms with Crippen LogP contribution in [0.2, 0.25) is 0 Å². The third kappa shape index (κ3) is 3.81. The normalized spacial score (nSPS) is 10.6. The van der Waals surface area contributed by atoms with E-state index in [1.54, 1.807) is 30.3 Å². The first kappa shape index (κ1) is 13.5. The van der Waals surface area contributed by atoms with E-state index >= 15 is 0 Å². The largest absolute Gasteiger partial charge is 0.467 e. The number of amides is 1. The summed E-state index contributed by atoms with van der Waals surface area (Å²) in [5, 5.41) is 13.1. The lowest BCUT2D eigenvalue weighted by Gasteiger charge is -1.98. The van der Waals surface area contributed by atoms with Crippen LogP contribution in [0.15, 0.2) is 53.2 Å². The summed E-state index contributed by atoms with van der Waals surface area (Å²) in [7, 11) is 0. The third-order valence-corrected chi connectivity index (χ3v) is 2.55. The molecule has 0 aliphatic rings. The second kappa shape index (κ2) is 6.33. The number of hydrogen-bond donors (Lipinski definition) is 1. The summed E-state index contributed by atoms with van der Waals surface area (Å²) in [6.45, 7) is 0.316. The molecule has 0 spiro atoms. The molecule has 2 rings (SSSR count). The van der Waals surface area contributed by atoms with Gasteiger partial charge in [-0.3, -0.25) is 14.9 Å². The Balaban J connectivity index is 1.88. The minimum Gasteiger partial charge on any atom is -0.467 e. The quantitative estimate of drug-likeness (QED) is 0.515. The smallest absolute Gasteiger partial charge is 0.269 e. The zero-order valence-electron chi connectivity index (χ0n) is 10.5. The second-order valence-electron chi connectivity index (χ2n) is 3.98. The standard InChI is InChI=1S/C14H12N2O4/c17-14(15-10-13-2-1-9-20-13)8-5-11-3-6-12(7-4-11)16(18)19/h1-9H,10H2,(H,15,17). The van der Waals surface area contributed by atoms with Gasteiger partial charge in [0.15, 0.2) is 0 Å². The number of nitro benzene ring substituents is 1. The number of rotatable bonds is 5. The molecule has 0 aliphatic heterocycles. The third-order valence-electron chi connectivity index (χ3n) is 2.55. The van der Waals surface area contributed by atoms with Crippen molar-refractivity contribution in [3.05, 3.63) is 70.2 Å². The molecule has 0 bridgehead atoms. The summed E-state index contributed by atoms with van der Waals surface area (Å²) in [4.78, 5) is 21.6. The van der Waals surface area contributed by atoms with Gasteiger partial charge in [-0.1, -0.05) is 0 Å². The van der Waals surface area contributed by atoms with Gasteiger partial charge in [0.05, 0.1) is 17.7 Å². The molecule has 0 saturated carbocycles. The Kier molecular flexibility index (Phi) is 4.28. The van der Waals surface area contributed by atoms with E-state index in [2.05, 4.69) is 5.32 Å². The molecule has 1 amide bonds. The highest BCUT2D eigenvalue weighted by atomic mass is 16.6. The number of carbonyl (C=O) groups excluding carboxylic acids is 1. The molecule has 0 aliphatic carbocycles. The summed E-state index contributed by atoms with van der Waals surface area (Å²) >= 11 is 0. The predicted molar refractivity (Wildman–Crippen MR) is 72.7 cm³/mol. The Morgan fingerprint density at radius 2 is 2.05 bits per heavy atom. The minimum atomic E-state index is -0.469. The second-order valence-corrected chi connectivity index (χ2v) is 3.98. The Morgan fingerprint density at radius 1 is 1.30 bits per heavy atom. The van der Waals surface area contributed by atoms with Crippen LogP contribution in [0.5, 0.6) is 0 Å². The molecule has 102 valence electrons. The van der Waals surface area contributed by atoms with E-state index in [1.165, 1.54) is 24.5 Å². The van der Waals surface area contributed by atoms with Crippen molar-refractivity contribution >= 4 is 17.7 Å². The first-order chi connectivity index (χ1) is 9.65. The molecule has 1 aromatic carbocycles. The fourth-order valence-electron chi connectivity index (χ4n) is 1.53. The lowest BCUT2D eigenvalue weighted by atomic mass is 10.2. The van der Waals surface area contributed by atoms with Gasteiger partial charge in [-0.05, 0) is 35.9 Å². The molecule has 20 heavy (non-hydrogen) atoms. The zero-order valence-corrected chi connectivity index (χ0v) is 10.5. The number of nitrogens with one attached hydrogen (secondary N) is 1. The molecule has 0 fully saturated rings. The van der Waals surface area contributed by atoms with Gasteiger partial charge in [0, 0.05) is 18.2 Å². The summed E-state index contributed by atoms with van der Waals surface area (Å²) in [6.07, 6.45) is 4.49. The maximum Gasteiger partial charge on any atom is 0.269 e. The fraction of sp³-hybridized carbons (Fsp3) is 0.0714. The van der Waals surface area contributed by atoms with Gasteiger partial charge < -0.3 is 9.73 Å². The molecule has 0 atom stereocenters. The van der Waals surface area contributed by atoms with Gasteiger partial charge in [-0.25, -0.2) is 0 Å². The van der Waals surface area contributed by atoms with E-state index in [0.29, 0.717) is 17.9 Å². The van der Waals surface area contributed by atoms with Gasteiger partial charge in [0.25, 0.3) is 5.69 Å². The van der Waals surface area contributed by atoms with Gasteiger partial charge in [-0.2, -0.15) is 0 Å². The van der Waals surface area contributed by atoms with E-state index in [-0.39, 0.29) is 11.6 Å². The summed E-state index contributed by atoms with van der Waals surface area (Å²) in [5.74, 6) is 0.404. The van der Waals surface area contributed by atoms with Gasteiger partial charge >= 0.3 is 0 Å². The number of hydrogen-bond acceptors (Lipinski definition) is 4. The SMILES string of the molecule is O=C(C=Cc1ccc([N+](=O)[O-])cc1)NCc1ccco1. The van der Waals surface area contributed by atoms with Gasteiger partial charge in [0.2, 0.25) is 5.91 Å². The van der Waals surface area contributed by atoms with E-state index in [4.69, 9.17) is 4.42 Å². The summed E-state index contributed by atoms with van der Waals surface area (Å²) in [5.41, 5.74) is 0.730. The minimum absolute atomic E-state index is 0.0180. The number of carbonyl (C=O) groups is 1. The number of benzene rings is 1. The molecule has 2 aromatic rings. The van der Waals surface area contributed by atoms with Crippen LogP contribution in [0.4, 0.5) is 5.69 Å². The average Bonchev–Trinajstić information content (AvgIpc) is 2.96.